The fraction of sp³-hybridized carbons (Fsp3) is 0.848. The molecule has 0 bridgehead atoms. The second kappa shape index (κ2) is 16.1. The Bertz CT molecular complexity index is 902. The van der Waals surface area contributed by atoms with Gasteiger partial charge in [0.15, 0.2) is 14.1 Å². The number of hydrogen-bond donors (Lipinski definition) is 1. The quantitative estimate of drug-likeness (QED) is 0.147. The van der Waals surface area contributed by atoms with Crippen LogP contribution in [0.5, 0.6) is 0 Å². The minimum atomic E-state index is -2.43. The van der Waals surface area contributed by atoms with Crippen molar-refractivity contribution in [2.45, 2.75) is 162 Å². The van der Waals surface area contributed by atoms with Crippen molar-refractivity contribution in [2.75, 3.05) is 6.54 Å². The highest BCUT2D eigenvalue weighted by atomic mass is 28.4. The van der Waals surface area contributed by atoms with E-state index < -0.39 is 28.7 Å². The van der Waals surface area contributed by atoms with Crippen LogP contribution in [-0.2, 0) is 28.0 Å². The number of amides is 1. The number of rotatable bonds is 15. The molecule has 0 aromatic rings. The lowest BCUT2D eigenvalue weighted by Gasteiger charge is -2.44. The van der Waals surface area contributed by atoms with E-state index in [4.69, 9.17) is 13.6 Å². The maximum absolute atomic E-state index is 13.8. The van der Waals surface area contributed by atoms with E-state index in [9.17, 15) is 14.4 Å². The largest absolute Gasteiger partial charge is 0.518 e. The van der Waals surface area contributed by atoms with Crippen LogP contribution in [0.4, 0.5) is 0 Å². The Morgan fingerprint density at radius 2 is 1.50 bits per heavy atom. The van der Waals surface area contributed by atoms with Gasteiger partial charge in [-0.3, -0.25) is 14.4 Å². The number of nitrogens with one attached hydrogen (secondary N) is 1. The summed E-state index contributed by atoms with van der Waals surface area (Å²) in [7, 11) is -4.69. The van der Waals surface area contributed by atoms with Crippen LogP contribution in [0.15, 0.2) is 12.2 Å². The van der Waals surface area contributed by atoms with E-state index in [0.717, 1.165) is 12.8 Å². The summed E-state index contributed by atoms with van der Waals surface area (Å²) in [5.41, 5.74) is 0.841. The molecule has 0 aromatic carbocycles. The van der Waals surface area contributed by atoms with E-state index in [-0.39, 0.29) is 70.4 Å². The maximum atomic E-state index is 13.8. The van der Waals surface area contributed by atoms with Crippen LogP contribution in [0.1, 0.15) is 109 Å². The Labute approximate surface area is 259 Å². The van der Waals surface area contributed by atoms with Gasteiger partial charge in [-0.15, -0.1) is 0 Å². The van der Waals surface area contributed by atoms with E-state index in [0.29, 0.717) is 6.42 Å². The highest BCUT2D eigenvalue weighted by molar-refractivity contribution is 6.79. The van der Waals surface area contributed by atoms with Gasteiger partial charge in [0.2, 0.25) is 5.91 Å². The van der Waals surface area contributed by atoms with Gasteiger partial charge >= 0.3 is 0 Å². The Morgan fingerprint density at radius 1 is 0.952 bits per heavy atom. The maximum Gasteiger partial charge on any atom is 0.298 e. The average molecular weight is 626 g/mol. The first-order chi connectivity index (χ1) is 19.2. The zero-order valence-corrected chi connectivity index (χ0v) is 31.3. The molecule has 1 heterocycles. The second-order valence-electron chi connectivity index (χ2n) is 15.0. The highest BCUT2D eigenvalue weighted by Crippen LogP contribution is 2.43. The summed E-state index contributed by atoms with van der Waals surface area (Å²) >= 11 is 0. The molecule has 0 radical (unpaired) electrons. The number of carbonyl (C=O) groups excluding carboxylic acids is 3. The summed E-state index contributed by atoms with van der Waals surface area (Å²) in [6.45, 7) is 29.9. The Kier molecular flexibility index (Phi) is 14.9. The Morgan fingerprint density at radius 3 is 1.98 bits per heavy atom. The van der Waals surface area contributed by atoms with Gasteiger partial charge in [-0.1, -0.05) is 75.3 Å². The molecule has 42 heavy (non-hydrogen) atoms. The number of carbonyl (C=O) groups is 3. The molecule has 0 aromatic heterocycles. The fourth-order valence-corrected chi connectivity index (χ4v) is 12.7. The van der Waals surface area contributed by atoms with Gasteiger partial charge in [0.25, 0.3) is 14.3 Å². The summed E-state index contributed by atoms with van der Waals surface area (Å²) in [6, 6.07) is 0. The minimum Gasteiger partial charge on any atom is -0.518 e. The van der Waals surface area contributed by atoms with Gasteiger partial charge < -0.3 is 18.9 Å². The van der Waals surface area contributed by atoms with Crippen molar-refractivity contribution in [2.24, 2.45) is 11.8 Å². The van der Waals surface area contributed by atoms with E-state index in [1.165, 1.54) is 0 Å². The summed E-state index contributed by atoms with van der Waals surface area (Å²) in [5.74, 6) is -0.626. The van der Waals surface area contributed by atoms with E-state index in [2.05, 4.69) is 87.6 Å². The van der Waals surface area contributed by atoms with Crippen LogP contribution in [0.2, 0.25) is 34.8 Å². The predicted octanol–water partition coefficient (Wildman–Crippen LogP) is 7.96. The van der Waals surface area contributed by atoms with Crippen molar-refractivity contribution in [1.29, 1.82) is 0 Å². The third-order valence-electron chi connectivity index (χ3n) is 9.78. The topological polar surface area (TPSA) is 90.9 Å². The van der Waals surface area contributed by atoms with Crippen molar-refractivity contribution in [3.8, 4) is 0 Å². The highest BCUT2D eigenvalue weighted by Gasteiger charge is 2.50. The van der Waals surface area contributed by atoms with Crippen LogP contribution in [-0.4, -0.2) is 59.2 Å². The number of ketones is 1. The third kappa shape index (κ3) is 10.4. The molecule has 0 saturated carbocycles. The van der Waals surface area contributed by atoms with E-state index in [1.54, 1.807) is 12.2 Å². The van der Waals surface area contributed by atoms with E-state index >= 15 is 0 Å². The lowest BCUT2D eigenvalue weighted by atomic mass is 9.90. The van der Waals surface area contributed by atoms with Gasteiger partial charge in [0, 0.05) is 13.0 Å². The van der Waals surface area contributed by atoms with E-state index in [1.807, 2.05) is 13.8 Å². The molecule has 1 rings (SSSR count). The molecular formula is C33H63NO6Si2. The molecule has 0 spiro atoms. The van der Waals surface area contributed by atoms with Gasteiger partial charge in [0.1, 0.15) is 0 Å². The van der Waals surface area contributed by atoms with Crippen molar-refractivity contribution in [3.63, 3.8) is 0 Å². The van der Waals surface area contributed by atoms with Gasteiger partial charge in [-0.05, 0) is 73.4 Å². The molecule has 1 amide bonds. The minimum absolute atomic E-state index is 0.0474. The van der Waals surface area contributed by atoms with Crippen LogP contribution >= 0.6 is 0 Å². The van der Waals surface area contributed by atoms with Crippen LogP contribution in [0, 0.1) is 11.8 Å². The first-order valence-electron chi connectivity index (χ1n) is 16.2. The molecule has 1 aliphatic rings. The van der Waals surface area contributed by atoms with Crippen molar-refractivity contribution >= 4 is 34.3 Å². The fourth-order valence-electron chi connectivity index (χ4n) is 6.08. The number of hydrogen-bond acceptors (Lipinski definition) is 6. The summed E-state index contributed by atoms with van der Waals surface area (Å²) in [6.07, 6.45) is 4.69. The third-order valence-corrected chi connectivity index (χ3v) is 20.3. The normalized spacial score (nSPS) is 22.1. The summed E-state index contributed by atoms with van der Waals surface area (Å²) in [4.78, 5) is 39.1. The van der Waals surface area contributed by atoms with Crippen molar-refractivity contribution in [3.05, 3.63) is 12.2 Å². The smallest absolute Gasteiger partial charge is 0.298 e. The Hall–Kier alpha value is -1.30. The molecular weight excluding hydrogens is 563 g/mol. The summed E-state index contributed by atoms with van der Waals surface area (Å²) in [5, 5.41) is 3.01. The molecule has 1 aliphatic heterocycles. The van der Waals surface area contributed by atoms with Gasteiger partial charge in [-0.25, -0.2) is 0 Å². The van der Waals surface area contributed by atoms with Crippen LogP contribution in [0.25, 0.3) is 0 Å². The average Bonchev–Trinajstić information content (AvgIpc) is 2.85. The van der Waals surface area contributed by atoms with Crippen molar-refractivity contribution < 1.29 is 28.0 Å². The molecule has 1 fully saturated rings. The van der Waals surface area contributed by atoms with Crippen LogP contribution in [0.3, 0.4) is 0 Å². The number of allylic oxidation sites excluding steroid dienone is 2. The lowest BCUT2D eigenvalue weighted by molar-refractivity contribution is -0.144. The lowest BCUT2D eigenvalue weighted by Crippen LogP contribution is -2.54. The summed E-state index contributed by atoms with van der Waals surface area (Å²) < 4.78 is 19.5. The molecule has 5 atom stereocenters. The standard InChI is InChI=1S/C33H63NO6Si2/c1-15-16-27(35)19-28-18-17-25(8)29(38-28)20-31(36)34-21-30(39-41(13,14)33(10,11)12)26(9)32(37)40-42(22(2)3,23(4)5)24(6)7/h15-16,22-26,28-30H,17-21H2,1-14H3,(H,34,36)/b16-15+/t25-,26+,28-,29-,30-/m0/s1. The molecule has 1 N–H and O–H groups in total. The molecule has 0 aliphatic carbocycles. The molecule has 244 valence electrons. The monoisotopic (exact) mass is 625 g/mol. The first kappa shape index (κ1) is 38.7. The van der Waals surface area contributed by atoms with Gasteiger partial charge in [-0.2, -0.15) is 0 Å². The SMILES string of the molecule is C/C=C/C(=O)C[C@@H]1CC[C@H](C)[C@H](CC(=O)NC[C@H](O[Si](C)(C)C(C)(C)C)[C@@H](C)C(=O)O[Si](C(C)C)(C(C)C)C(C)C)O1. The number of ether oxygens (including phenoxy) is 1. The zero-order chi connectivity index (χ0) is 32.6. The van der Waals surface area contributed by atoms with Crippen molar-refractivity contribution in [1.82, 2.24) is 5.32 Å². The zero-order valence-electron chi connectivity index (χ0n) is 29.3. The van der Waals surface area contributed by atoms with Crippen LogP contribution < -0.4 is 5.32 Å². The molecule has 1 saturated heterocycles. The Balaban J connectivity index is 3.09. The molecule has 7 nitrogen and oxygen atoms in total. The molecule has 9 heteroatoms. The van der Waals surface area contributed by atoms with Gasteiger partial charge in [0.05, 0.1) is 30.7 Å². The second-order valence-corrected chi connectivity index (χ2v) is 25.1. The predicted molar refractivity (Wildman–Crippen MR) is 177 cm³/mol. The first-order valence-corrected chi connectivity index (χ1v) is 21.2. The molecule has 0 unspecified atom stereocenters.